The molecule has 214 valence electrons. The van der Waals surface area contributed by atoms with Crippen molar-refractivity contribution in [3.63, 3.8) is 0 Å². The van der Waals surface area contributed by atoms with Gasteiger partial charge in [-0.2, -0.15) is 8.78 Å². The molecule has 4 rings (SSSR count). The molecule has 4 fully saturated rings. The molecule has 5 atom stereocenters. The summed E-state index contributed by atoms with van der Waals surface area (Å²) in [5.74, 6) is -6.18. The summed E-state index contributed by atoms with van der Waals surface area (Å²) in [6, 6.07) is -7.21. The van der Waals surface area contributed by atoms with Gasteiger partial charge in [0.05, 0.1) is 17.4 Å². The van der Waals surface area contributed by atoms with Crippen LogP contribution >= 0.6 is 0 Å². The number of amides is 2. The number of halogens is 5. The van der Waals surface area contributed by atoms with E-state index in [2.05, 4.69) is 15.4 Å². The van der Waals surface area contributed by atoms with E-state index in [9.17, 15) is 37.5 Å². The predicted octanol–water partition coefficient (Wildman–Crippen LogP) is 1.57. The maximum absolute atomic E-state index is 15.1. The number of piperidine rings is 1. The number of ketones is 2. The molecule has 0 radical (unpaired) electrons. The van der Waals surface area contributed by atoms with E-state index in [-0.39, 0.29) is 32.2 Å². The minimum atomic E-state index is -5.14. The molecule has 38 heavy (non-hydrogen) atoms. The van der Waals surface area contributed by atoms with Crippen molar-refractivity contribution < 1.29 is 51.0 Å². The van der Waals surface area contributed by atoms with Crippen LogP contribution in [0.2, 0.25) is 0 Å². The lowest BCUT2D eigenvalue weighted by Crippen LogP contribution is -2.60. The molecular formula is C24H32F5N3O6. The zero-order valence-corrected chi connectivity index (χ0v) is 21.1. The van der Waals surface area contributed by atoms with Crippen molar-refractivity contribution in [2.75, 3.05) is 13.2 Å². The summed E-state index contributed by atoms with van der Waals surface area (Å²) < 4.78 is 71.5. The first kappa shape index (κ1) is 28.8. The Kier molecular flexibility index (Phi) is 7.18. The Labute approximate surface area is 215 Å². The van der Waals surface area contributed by atoms with E-state index in [0.29, 0.717) is 12.8 Å². The van der Waals surface area contributed by atoms with Gasteiger partial charge in [-0.25, -0.2) is 5.32 Å². The average molecular weight is 554 g/mol. The Morgan fingerprint density at radius 3 is 2.32 bits per heavy atom. The summed E-state index contributed by atoms with van der Waals surface area (Å²) in [6.07, 6.45) is -3.38. The summed E-state index contributed by atoms with van der Waals surface area (Å²) >= 11 is 0. The lowest BCUT2D eigenvalue weighted by atomic mass is 9.71. The fourth-order valence-corrected chi connectivity index (χ4v) is 6.97. The lowest BCUT2D eigenvalue weighted by Gasteiger charge is -2.37. The van der Waals surface area contributed by atoms with Crippen LogP contribution in [-0.4, -0.2) is 71.7 Å². The zero-order valence-electron chi connectivity index (χ0n) is 21.1. The summed E-state index contributed by atoms with van der Waals surface area (Å²) in [5, 5.41) is 17.8. The Balaban J connectivity index is 1.62. The van der Waals surface area contributed by atoms with E-state index >= 15 is 8.78 Å². The molecule has 0 aromatic carbocycles. The van der Waals surface area contributed by atoms with Gasteiger partial charge in [0.1, 0.15) is 18.2 Å². The second-order valence-electron chi connectivity index (χ2n) is 11.4. The molecule has 2 saturated carbocycles. The van der Waals surface area contributed by atoms with Gasteiger partial charge in [0.2, 0.25) is 11.8 Å². The minimum Gasteiger partial charge on any atom is -0.382 e. The van der Waals surface area contributed by atoms with Crippen molar-refractivity contribution in [1.29, 1.82) is 0 Å². The first-order valence-corrected chi connectivity index (χ1v) is 12.7. The first-order chi connectivity index (χ1) is 17.5. The van der Waals surface area contributed by atoms with Gasteiger partial charge in [0, 0.05) is 12.5 Å². The number of nitrogens with one attached hydrogen (secondary N) is 3. The quantitative estimate of drug-likeness (QED) is 0.252. The summed E-state index contributed by atoms with van der Waals surface area (Å²) in [7, 11) is 0. The third kappa shape index (κ3) is 4.72. The SMILES string of the molecule is CC1(C)C2C(F)(F)NC(C(=O)N[C@@H](C[C@@H]3CCNC3=O)C(=O)COC(F)(F)F)C21C(=O)C1(O)CCCCC1. The van der Waals surface area contributed by atoms with Gasteiger partial charge in [0.15, 0.2) is 11.6 Å². The van der Waals surface area contributed by atoms with Crippen molar-refractivity contribution >= 4 is 23.4 Å². The van der Waals surface area contributed by atoms with Gasteiger partial charge in [-0.05, 0) is 31.1 Å². The topological polar surface area (TPSA) is 134 Å². The maximum Gasteiger partial charge on any atom is 0.522 e. The molecule has 2 aliphatic heterocycles. The number of carbonyl (C=O) groups is 4. The minimum absolute atomic E-state index is 0.0585. The number of hydrogen-bond donors (Lipinski definition) is 4. The molecule has 14 heteroatoms. The normalized spacial score (nSPS) is 33.7. The number of hydrogen-bond acceptors (Lipinski definition) is 7. The van der Waals surface area contributed by atoms with Crippen LogP contribution in [-0.2, 0) is 23.9 Å². The smallest absolute Gasteiger partial charge is 0.382 e. The standard InChI is InChI=1S/C24H32F5N3O6/c1-20(2)18-22(20,19(36)21(37)7-4-3-5-8-21)15(32-23(18,25)26)17(35)31-13(10-12-6-9-30-16(12)34)14(33)11-38-24(27,28)29/h12-13,15,18,32,37H,3-11H2,1-2H3,(H,30,34)(H,31,35)/t12-,13-,15?,18?,22?/m0/s1. The lowest BCUT2D eigenvalue weighted by molar-refractivity contribution is -0.321. The van der Waals surface area contributed by atoms with E-state index in [1.165, 1.54) is 13.8 Å². The molecule has 2 heterocycles. The molecule has 4 aliphatic rings. The maximum atomic E-state index is 15.1. The van der Waals surface area contributed by atoms with Crippen molar-refractivity contribution in [3.8, 4) is 0 Å². The highest BCUT2D eigenvalue weighted by Gasteiger charge is 2.91. The molecule has 0 bridgehead atoms. The largest absolute Gasteiger partial charge is 0.522 e. The van der Waals surface area contributed by atoms with Crippen molar-refractivity contribution in [2.24, 2.45) is 22.7 Å². The highest BCUT2D eigenvalue weighted by atomic mass is 19.4. The molecule has 2 saturated heterocycles. The van der Waals surface area contributed by atoms with Crippen molar-refractivity contribution in [2.45, 2.75) is 88.9 Å². The number of Topliss-reactive ketones (excluding diaryl/α,β-unsaturated/α-hetero) is 2. The van der Waals surface area contributed by atoms with Crippen LogP contribution in [0.4, 0.5) is 22.0 Å². The molecule has 0 spiro atoms. The second-order valence-corrected chi connectivity index (χ2v) is 11.4. The second kappa shape index (κ2) is 9.47. The van der Waals surface area contributed by atoms with Crippen LogP contribution in [0.5, 0.6) is 0 Å². The highest BCUT2D eigenvalue weighted by molar-refractivity contribution is 6.04. The van der Waals surface area contributed by atoms with E-state index < -0.39 is 82.7 Å². The molecule has 0 aromatic rings. The molecule has 3 unspecified atom stereocenters. The Hall–Kier alpha value is -2.19. The Bertz CT molecular complexity index is 1010. The third-order valence-electron chi connectivity index (χ3n) is 8.82. The van der Waals surface area contributed by atoms with Crippen molar-refractivity contribution in [1.82, 2.24) is 16.0 Å². The van der Waals surface area contributed by atoms with E-state index in [4.69, 9.17) is 0 Å². The van der Waals surface area contributed by atoms with Gasteiger partial charge >= 0.3 is 12.4 Å². The Morgan fingerprint density at radius 1 is 1.16 bits per heavy atom. The summed E-state index contributed by atoms with van der Waals surface area (Å²) in [4.78, 5) is 51.9. The molecular weight excluding hydrogens is 521 g/mol. The zero-order chi connectivity index (χ0) is 28.3. The number of carbonyl (C=O) groups excluding carboxylic acids is 4. The first-order valence-electron chi connectivity index (χ1n) is 12.7. The molecule has 2 amide bonds. The van der Waals surface area contributed by atoms with Crippen LogP contribution in [0.15, 0.2) is 0 Å². The van der Waals surface area contributed by atoms with Gasteiger partial charge in [-0.15, -0.1) is 13.2 Å². The van der Waals surface area contributed by atoms with E-state index in [0.717, 1.165) is 6.42 Å². The van der Waals surface area contributed by atoms with Gasteiger partial charge in [-0.3, -0.25) is 23.9 Å². The number of alkyl halides is 5. The number of aliphatic hydroxyl groups is 1. The summed E-state index contributed by atoms with van der Waals surface area (Å²) in [5.41, 5.74) is -5.31. The van der Waals surface area contributed by atoms with Crippen LogP contribution < -0.4 is 16.0 Å². The molecule has 2 aliphatic carbocycles. The number of fused-ring (bicyclic) bond motifs is 1. The van der Waals surface area contributed by atoms with Crippen molar-refractivity contribution in [3.05, 3.63) is 0 Å². The molecule has 9 nitrogen and oxygen atoms in total. The molecule has 0 aromatic heterocycles. The van der Waals surface area contributed by atoms with Crippen LogP contribution in [0.1, 0.15) is 58.8 Å². The monoisotopic (exact) mass is 553 g/mol. The summed E-state index contributed by atoms with van der Waals surface area (Å²) in [6.45, 7) is 1.60. The van der Waals surface area contributed by atoms with Crippen LogP contribution in [0.3, 0.4) is 0 Å². The van der Waals surface area contributed by atoms with E-state index in [1.54, 1.807) is 0 Å². The van der Waals surface area contributed by atoms with Crippen LogP contribution in [0, 0.1) is 22.7 Å². The fraction of sp³-hybridized carbons (Fsp3) is 0.833. The average Bonchev–Trinajstić information content (AvgIpc) is 3.03. The van der Waals surface area contributed by atoms with E-state index in [1.807, 2.05) is 5.32 Å². The van der Waals surface area contributed by atoms with Crippen LogP contribution in [0.25, 0.3) is 0 Å². The number of ether oxygens (including phenoxy) is 1. The van der Waals surface area contributed by atoms with Gasteiger partial charge in [0.25, 0.3) is 0 Å². The predicted molar refractivity (Wildman–Crippen MR) is 119 cm³/mol. The number of rotatable bonds is 9. The third-order valence-corrected chi connectivity index (χ3v) is 8.82. The molecule has 4 N–H and O–H groups in total. The Morgan fingerprint density at radius 2 is 1.79 bits per heavy atom. The fourth-order valence-electron chi connectivity index (χ4n) is 6.97. The highest BCUT2D eigenvalue weighted by Crippen LogP contribution is 2.79. The van der Waals surface area contributed by atoms with Gasteiger partial charge < -0.3 is 15.7 Å². The van der Waals surface area contributed by atoms with Gasteiger partial charge in [-0.1, -0.05) is 33.1 Å².